The van der Waals surface area contributed by atoms with Gasteiger partial charge in [-0.05, 0) is 53.9 Å². The average Bonchev–Trinajstić information content (AvgIpc) is 3.21. The van der Waals surface area contributed by atoms with Crippen LogP contribution in [0.1, 0.15) is 0 Å². The monoisotopic (exact) mass is 523 g/mol. The summed E-state index contributed by atoms with van der Waals surface area (Å²) in [5.74, 6) is 0.550. The molecule has 0 aliphatic carbocycles. The number of urea groups is 1. The van der Waals surface area contributed by atoms with Crippen LogP contribution >= 0.6 is 34.5 Å². The van der Waals surface area contributed by atoms with Crippen LogP contribution in [0.5, 0.6) is 5.75 Å². The standard InChI is InChI=1S/C21H15Cl2N3O5S2/c1-31-14-4-2-12-8-9-26(20(27)15(12)11-14)17-5-3-13(10-16(17)22)24-21(28)25-33(29,30)19-7-6-18(23)32-19/h2-11H,1H3,(H2,24,25,28). The third-order valence-electron chi connectivity index (χ3n) is 4.62. The lowest BCUT2D eigenvalue weighted by Gasteiger charge is -2.12. The fourth-order valence-corrected chi connectivity index (χ4v) is 5.75. The topological polar surface area (TPSA) is 106 Å². The van der Waals surface area contributed by atoms with Gasteiger partial charge in [0.15, 0.2) is 0 Å². The molecule has 4 aromatic rings. The summed E-state index contributed by atoms with van der Waals surface area (Å²) in [5, 5.41) is 3.78. The number of halogens is 2. The van der Waals surface area contributed by atoms with Crippen molar-refractivity contribution in [2.45, 2.75) is 4.21 Å². The summed E-state index contributed by atoms with van der Waals surface area (Å²) in [4.78, 5) is 25.2. The van der Waals surface area contributed by atoms with Crippen molar-refractivity contribution >= 4 is 67.1 Å². The number of thiophene rings is 1. The molecule has 12 heteroatoms. The van der Waals surface area contributed by atoms with Crippen molar-refractivity contribution in [3.63, 3.8) is 0 Å². The Morgan fingerprint density at radius 1 is 1.06 bits per heavy atom. The van der Waals surface area contributed by atoms with E-state index in [1.54, 1.807) is 36.5 Å². The minimum absolute atomic E-state index is 0.0941. The van der Waals surface area contributed by atoms with Crippen LogP contribution in [0, 0.1) is 0 Å². The van der Waals surface area contributed by atoms with Gasteiger partial charge < -0.3 is 10.1 Å². The largest absolute Gasteiger partial charge is 0.497 e. The first-order valence-electron chi connectivity index (χ1n) is 9.26. The molecule has 0 spiro atoms. The number of pyridine rings is 1. The van der Waals surface area contributed by atoms with E-state index in [0.717, 1.165) is 16.7 Å². The van der Waals surface area contributed by atoms with Crippen LogP contribution in [-0.2, 0) is 10.0 Å². The van der Waals surface area contributed by atoms with E-state index in [1.165, 1.54) is 35.9 Å². The number of fused-ring (bicyclic) bond motifs is 1. The lowest BCUT2D eigenvalue weighted by atomic mass is 10.1. The molecule has 0 fully saturated rings. The van der Waals surface area contributed by atoms with Crippen molar-refractivity contribution in [2.24, 2.45) is 0 Å². The van der Waals surface area contributed by atoms with Gasteiger partial charge in [0.1, 0.15) is 9.96 Å². The van der Waals surface area contributed by atoms with Gasteiger partial charge in [-0.3, -0.25) is 9.36 Å². The van der Waals surface area contributed by atoms with Gasteiger partial charge in [0.2, 0.25) is 0 Å². The van der Waals surface area contributed by atoms with Gasteiger partial charge in [-0.1, -0.05) is 29.3 Å². The van der Waals surface area contributed by atoms with Gasteiger partial charge in [-0.2, -0.15) is 0 Å². The summed E-state index contributed by atoms with van der Waals surface area (Å²) in [5.41, 5.74) is 0.321. The molecule has 33 heavy (non-hydrogen) atoms. The van der Waals surface area contributed by atoms with Crippen molar-refractivity contribution in [1.29, 1.82) is 0 Å². The Kier molecular flexibility index (Phi) is 6.35. The molecule has 4 rings (SSSR count). The summed E-state index contributed by atoms with van der Waals surface area (Å²) < 4.78 is 33.2. The number of anilines is 1. The highest BCUT2D eigenvalue weighted by atomic mass is 35.5. The number of methoxy groups -OCH3 is 1. The molecule has 0 bridgehead atoms. The Balaban J connectivity index is 1.58. The molecule has 0 saturated heterocycles. The van der Waals surface area contributed by atoms with Gasteiger partial charge >= 0.3 is 6.03 Å². The van der Waals surface area contributed by atoms with E-state index in [2.05, 4.69) is 5.32 Å². The number of amides is 2. The maximum atomic E-state index is 13.0. The third kappa shape index (κ3) is 4.83. The fourth-order valence-electron chi connectivity index (χ4n) is 3.09. The van der Waals surface area contributed by atoms with Gasteiger partial charge in [-0.15, -0.1) is 11.3 Å². The fraction of sp³-hybridized carbons (Fsp3) is 0.0476. The lowest BCUT2D eigenvalue weighted by molar-refractivity contribution is 0.256. The molecule has 170 valence electrons. The van der Waals surface area contributed by atoms with Crippen molar-refractivity contribution in [3.8, 4) is 11.4 Å². The molecule has 8 nitrogen and oxygen atoms in total. The summed E-state index contributed by atoms with van der Waals surface area (Å²) >= 11 is 13.0. The predicted molar refractivity (Wildman–Crippen MR) is 130 cm³/mol. The molecule has 2 heterocycles. The van der Waals surface area contributed by atoms with Gasteiger partial charge in [0.25, 0.3) is 15.6 Å². The van der Waals surface area contributed by atoms with E-state index in [1.807, 2.05) is 4.72 Å². The van der Waals surface area contributed by atoms with Crippen LogP contribution in [0.25, 0.3) is 16.5 Å². The van der Waals surface area contributed by atoms with Crippen molar-refractivity contribution < 1.29 is 17.9 Å². The number of nitrogens with one attached hydrogen (secondary N) is 2. The molecule has 0 aliphatic rings. The van der Waals surface area contributed by atoms with Crippen LogP contribution in [0.2, 0.25) is 9.36 Å². The van der Waals surface area contributed by atoms with Crippen molar-refractivity contribution in [1.82, 2.24) is 9.29 Å². The second-order valence-corrected chi connectivity index (χ2v) is 10.8. The normalized spacial score (nSPS) is 11.4. The van der Waals surface area contributed by atoms with Gasteiger partial charge in [-0.25, -0.2) is 17.9 Å². The Labute approximate surface area is 202 Å². The number of nitrogens with zero attached hydrogens (tertiary/aromatic N) is 1. The first kappa shape index (κ1) is 23.1. The highest BCUT2D eigenvalue weighted by molar-refractivity contribution is 7.92. The zero-order valence-corrected chi connectivity index (χ0v) is 20.0. The number of benzene rings is 2. The van der Waals surface area contributed by atoms with Crippen LogP contribution in [-0.4, -0.2) is 26.1 Å². The third-order valence-corrected chi connectivity index (χ3v) is 7.98. The summed E-state index contributed by atoms with van der Waals surface area (Å²) in [6, 6.07) is 13.1. The first-order chi connectivity index (χ1) is 15.7. The number of hydrogen-bond acceptors (Lipinski definition) is 6. The highest BCUT2D eigenvalue weighted by Crippen LogP contribution is 2.27. The first-order valence-corrected chi connectivity index (χ1v) is 12.3. The molecule has 0 saturated carbocycles. The molecule has 2 amide bonds. The molecule has 0 atom stereocenters. The Morgan fingerprint density at radius 2 is 1.85 bits per heavy atom. The number of ether oxygens (including phenoxy) is 1. The van der Waals surface area contributed by atoms with E-state index in [0.29, 0.717) is 16.8 Å². The van der Waals surface area contributed by atoms with Crippen LogP contribution in [0.3, 0.4) is 0 Å². The Hall–Kier alpha value is -3.05. The number of sulfonamides is 1. The van der Waals surface area contributed by atoms with E-state index in [-0.39, 0.29) is 24.8 Å². The summed E-state index contributed by atoms with van der Waals surface area (Å²) in [6.07, 6.45) is 1.59. The minimum atomic E-state index is -4.07. The maximum absolute atomic E-state index is 13.0. The van der Waals surface area contributed by atoms with Gasteiger partial charge in [0.05, 0.1) is 27.5 Å². The second-order valence-electron chi connectivity index (χ2n) is 6.73. The molecule has 0 radical (unpaired) electrons. The average molecular weight is 524 g/mol. The number of hydrogen-bond donors (Lipinski definition) is 2. The highest BCUT2D eigenvalue weighted by Gasteiger charge is 2.20. The predicted octanol–water partition coefficient (Wildman–Crippen LogP) is 4.88. The molecule has 0 aliphatic heterocycles. The minimum Gasteiger partial charge on any atom is -0.497 e. The summed E-state index contributed by atoms with van der Waals surface area (Å²) in [6.45, 7) is 0. The van der Waals surface area contributed by atoms with Gasteiger partial charge in [0, 0.05) is 11.9 Å². The lowest BCUT2D eigenvalue weighted by Crippen LogP contribution is -2.33. The number of carbonyl (C=O) groups is 1. The van der Waals surface area contributed by atoms with Crippen LogP contribution < -0.4 is 20.3 Å². The Morgan fingerprint density at radius 3 is 2.52 bits per heavy atom. The zero-order valence-electron chi connectivity index (χ0n) is 16.8. The SMILES string of the molecule is COc1ccc2ccn(-c3ccc(NC(=O)NS(=O)(=O)c4ccc(Cl)s4)cc3Cl)c(=O)c2c1. The van der Waals surface area contributed by atoms with E-state index >= 15 is 0 Å². The smallest absolute Gasteiger partial charge is 0.333 e. The molecular formula is C21H15Cl2N3O5S2. The second kappa shape index (κ2) is 9.06. The maximum Gasteiger partial charge on any atom is 0.333 e. The molecule has 2 aromatic carbocycles. The summed E-state index contributed by atoms with van der Waals surface area (Å²) in [7, 11) is -2.55. The molecule has 0 unspecified atom stereocenters. The molecule has 2 N–H and O–H groups in total. The van der Waals surface area contributed by atoms with Crippen LogP contribution in [0.4, 0.5) is 10.5 Å². The van der Waals surface area contributed by atoms with Crippen LogP contribution in [0.15, 0.2) is 69.8 Å². The van der Waals surface area contributed by atoms with E-state index in [9.17, 15) is 18.0 Å². The molecule has 2 aromatic heterocycles. The Bertz CT molecular complexity index is 1550. The molecular weight excluding hydrogens is 509 g/mol. The van der Waals surface area contributed by atoms with Crippen molar-refractivity contribution in [3.05, 3.63) is 80.5 Å². The van der Waals surface area contributed by atoms with E-state index in [4.69, 9.17) is 27.9 Å². The number of aromatic nitrogens is 1. The zero-order chi connectivity index (χ0) is 23.8. The number of carbonyl (C=O) groups excluding carboxylic acids is 1. The quantitative estimate of drug-likeness (QED) is 0.387. The van der Waals surface area contributed by atoms with Crippen molar-refractivity contribution in [2.75, 3.05) is 12.4 Å². The van der Waals surface area contributed by atoms with E-state index < -0.39 is 16.1 Å². The number of rotatable bonds is 5.